The Labute approximate surface area is 82.3 Å². The summed E-state index contributed by atoms with van der Waals surface area (Å²) in [6.45, 7) is 7.37. The molecule has 1 aliphatic heterocycles. The molecule has 2 rings (SSSR count). The van der Waals surface area contributed by atoms with E-state index in [1.54, 1.807) is 0 Å². The first kappa shape index (κ1) is 9.51. The van der Waals surface area contributed by atoms with Crippen LogP contribution in [0.15, 0.2) is 0 Å². The lowest BCUT2D eigenvalue weighted by molar-refractivity contribution is 0.115. The van der Waals surface area contributed by atoms with E-state index in [2.05, 4.69) is 19.2 Å². The highest BCUT2D eigenvalue weighted by Crippen LogP contribution is 2.47. The summed E-state index contributed by atoms with van der Waals surface area (Å²) in [5.41, 5.74) is 0.701. The third-order valence-corrected chi connectivity index (χ3v) is 4.28. The van der Waals surface area contributed by atoms with Crippen LogP contribution < -0.4 is 5.32 Å². The number of hydrogen-bond acceptors (Lipinski definition) is 1. The Morgan fingerprint density at radius 1 is 1.15 bits per heavy atom. The number of rotatable bonds is 1. The fraction of sp³-hybridized carbons (Fsp3) is 1.00. The van der Waals surface area contributed by atoms with Crippen molar-refractivity contribution in [2.45, 2.75) is 46.0 Å². The Kier molecular flexibility index (Phi) is 2.64. The van der Waals surface area contributed by atoms with Crippen molar-refractivity contribution in [2.24, 2.45) is 17.3 Å². The van der Waals surface area contributed by atoms with Crippen LogP contribution in [0.3, 0.4) is 0 Å². The van der Waals surface area contributed by atoms with E-state index in [4.69, 9.17) is 0 Å². The van der Waals surface area contributed by atoms with Gasteiger partial charge in [-0.05, 0) is 36.6 Å². The van der Waals surface area contributed by atoms with Gasteiger partial charge in [0.2, 0.25) is 0 Å². The first-order valence-corrected chi connectivity index (χ1v) is 5.95. The molecule has 2 aliphatic rings. The SMILES string of the molecule is CC(C)C1CNCC12CCCCC2. The van der Waals surface area contributed by atoms with E-state index in [1.807, 2.05) is 0 Å². The molecule has 0 amide bonds. The molecule has 1 atom stereocenters. The molecule has 0 aromatic heterocycles. The van der Waals surface area contributed by atoms with Crippen molar-refractivity contribution in [2.75, 3.05) is 13.1 Å². The Morgan fingerprint density at radius 3 is 2.46 bits per heavy atom. The van der Waals surface area contributed by atoms with Crippen molar-refractivity contribution >= 4 is 0 Å². The first-order valence-electron chi connectivity index (χ1n) is 5.95. The molecule has 1 unspecified atom stereocenters. The van der Waals surface area contributed by atoms with Gasteiger partial charge in [0.1, 0.15) is 0 Å². The molecule has 1 aliphatic carbocycles. The quantitative estimate of drug-likeness (QED) is 0.656. The second-order valence-electron chi connectivity index (χ2n) is 5.40. The first-order chi connectivity index (χ1) is 6.25. The Hall–Kier alpha value is -0.0400. The van der Waals surface area contributed by atoms with Crippen LogP contribution in [-0.4, -0.2) is 13.1 Å². The van der Waals surface area contributed by atoms with Crippen LogP contribution in [0, 0.1) is 17.3 Å². The van der Waals surface area contributed by atoms with Gasteiger partial charge in [-0.15, -0.1) is 0 Å². The second kappa shape index (κ2) is 3.61. The highest BCUT2D eigenvalue weighted by molar-refractivity contribution is 4.97. The van der Waals surface area contributed by atoms with Crippen molar-refractivity contribution in [3.05, 3.63) is 0 Å². The lowest BCUT2D eigenvalue weighted by atomic mass is 9.64. The highest BCUT2D eigenvalue weighted by atomic mass is 14.9. The predicted molar refractivity (Wildman–Crippen MR) is 56.7 cm³/mol. The van der Waals surface area contributed by atoms with Gasteiger partial charge in [-0.25, -0.2) is 0 Å². The Morgan fingerprint density at radius 2 is 1.85 bits per heavy atom. The van der Waals surface area contributed by atoms with Gasteiger partial charge in [0.25, 0.3) is 0 Å². The maximum absolute atomic E-state index is 3.61. The summed E-state index contributed by atoms with van der Waals surface area (Å²) in [7, 11) is 0. The van der Waals surface area contributed by atoms with Gasteiger partial charge in [-0.2, -0.15) is 0 Å². The molecule has 1 spiro atoms. The highest BCUT2D eigenvalue weighted by Gasteiger charge is 2.44. The molecule has 13 heavy (non-hydrogen) atoms. The van der Waals surface area contributed by atoms with Crippen molar-refractivity contribution in [1.29, 1.82) is 0 Å². The maximum atomic E-state index is 3.61. The van der Waals surface area contributed by atoms with Gasteiger partial charge in [0.15, 0.2) is 0 Å². The van der Waals surface area contributed by atoms with Gasteiger partial charge in [0.05, 0.1) is 0 Å². The number of hydrogen-bond donors (Lipinski definition) is 1. The van der Waals surface area contributed by atoms with Crippen LogP contribution in [-0.2, 0) is 0 Å². The normalized spacial score (nSPS) is 33.0. The maximum Gasteiger partial charge on any atom is 0.00112 e. The average molecular weight is 181 g/mol. The van der Waals surface area contributed by atoms with E-state index >= 15 is 0 Å². The standard InChI is InChI=1S/C12H23N/c1-10(2)11-8-13-9-12(11)6-4-3-5-7-12/h10-11,13H,3-9H2,1-2H3. The summed E-state index contributed by atoms with van der Waals surface area (Å²) in [4.78, 5) is 0. The van der Waals surface area contributed by atoms with Crippen LogP contribution in [0.4, 0.5) is 0 Å². The Balaban J connectivity index is 2.09. The van der Waals surface area contributed by atoms with E-state index in [1.165, 1.54) is 45.2 Å². The van der Waals surface area contributed by atoms with Crippen molar-refractivity contribution in [3.8, 4) is 0 Å². The van der Waals surface area contributed by atoms with Crippen LogP contribution >= 0.6 is 0 Å². The van der Waals surface area contributed by atoms with E-state index in [9.17, 15) is 0 Å². The van der Waals surface area contributed by atoms with Crippen molar-refractivity contribution < 1.29 is 0 Å². The molecule has 0 bridgehead atoms. The molecule has 2 fully saturated rings. The van der Waals surface area contributed by atoms with Crippen molar-refractivity contribution in [1.82, 2.24) is 5.32 Å². The topological polar surface area (TPSA) is 12.0 Å². The third-order valence-electron chi connectivity index (χ3n) is 4.28. The smallest absolute Gasteiger partial charge is 0.00112 e. The molecular weight excluding hydrogens is 158 g/mol. The zero-order chi connectivity index (χ0) is 9.31. The van der Waals surface area contributed by atoms with Crippen LogP contribution in [0.1, 0.15) is 46.0 Å². The van der Waals surface area contributed by atoms with Gasteiger partial charge in [0, 0.05) is 6.54 Å². The molecule has 1 heteroatoms. The lowest BCUT2D eigenvalue weighted by Gasteiger charge is -2.40. The predicted octanol–water partition coefficient (Wildman–Crippen LogP) is 2.81. The van der Waals surface area contributed by atoms with Crippen LogP contribution in [0.25, 0.3) is 0 Å². The molecule has 0 aromatic rings. The van der Waals surface area contributed by atoms with E-state index in [-0.39, 0.29) is 0 Å². The minimum absolute atomic E-state index is 0.701. The van der Waals surface area contributed by atoms with Crippen LogP contribution in [0.5, 0.6) is 0 Å². The zero-order valence-corrected chi connectivity index (χ0v) is 9.10. The molecule has 0 aromatic carbocycles. The molecule has 1 saturated heterocycles. The molecule has 1 N–H and O–H groups in total. The largest absolute Gasteiger partial charge is 0.316 e. The summed E-state index contributed by atoms with van der Waals surface area (Å²) >= 11 is 0. The molecule has 1 heterocycles. The van der Waals surface area contributed by atoms with E-state index < -0.39 is 0 Å². The van der Waals surface area contributed by atoms with E-state index in [0.29, 0.717) is 5.41 Å². The summed E-state index contributed by atoms with van der Waals surface area (Å²) in [5.74, 6) is 1.82. The van der Waals surface area contributed by atoms with Gasteiger partial charge in [-0.3, -0.25) is 0 Å². The van der Waals surface area contributed by atoms with Gasteiger partial charge in [-0.1, -0.05) is 33.1 Å². The molecule has 76 valence electrons. The average Bonchev–Trinajstić information content (AvgIpc) is 2.50. The van der Waals surface area contributed by atoms with Gasteiger partial charge >= 0.3 is 0 Å². The molecular formula is C12H23N. The summed E-state index contributed by atoms with van der Waals surface area (Å²) in [6, 6.07) is 0. The monoisotopic (exact) mass is 181 g/mol. The lowest BCUT2D eigenvalue weighted by Crippen LogP contribution is -2.35. The fourth-order valence-corrected chi connectivity index (χ4v) is 3.57. The summed E-state index contributed by atoms with van der Waals surface area (Å²) in [6.07, 6.45) is 7.41. The minimum atomic E-state index is 0.701. The third kappa shape index (κ3) is 1.63. The van der Waals surface area contributed by atoms with E-state index in [0.717, 1.165) is 11.8 Å². The van der Waals surface area contributed by atoms with Crippen LogP contribution in [0.2, 0.25) is 0 Å². The second-order valence-corrected chi connectivity index (χ2v) is 5.40. The Bertz CT molecular complexity index is 168. The molecule has 1 saturated carbocycles. The van der Waals surface area contributed by atoms with Gasteiger partial charge < -0.3 is 5.32 Å². The zero-order valence-electron chi connectivity index (χ0n) is 9.10. The summed E-state index contributed by atoms with van der Waals surface area (Å²) < 4.78 is 0. The van der Waals surface area contributed by atoms with Crippen molar-refractivity contribution in [3.63, 3.8) is 0 Å². The fourth-order valence-electron chi connectivity index (χ4n) is 3.57. The number of nitrogens with one attached hydrogen (secondary N) is 1. The minimum Gasteiger partial charge on any atom is -0.316 e. The summed E-state index contributed by atoms with van der Waals surface area (Å²) in [5, 5.41) is 3.61. The molecule has 1 nitrogen and oxygen atoms in total. The molecule has 0 radical (unpaired) electrons.